The van der Waals surface area contributed by atoms with Crippen molar-refractivity contribution in [2.75, 3.05) is 5.32 Å². The van der Waals surface area contributed by atoms with E-state index >= 15 is 0 Å². The van der Waals surface area contributed by atoms with Crippen LogP contribution in [0.25, 0.3) is 16.6 Å². The Morgan fingerprint density at radius 1 is 0.962 bits per heavy atom. The lowest BCUT2D eigenvalue weighted by Gasteiger charge is -2.07. The summed E-state index contributed by atoms with van der Waals surface area (Å²) in [6.07, 6.45) is -4.45. The first kappa shape index (κ1) is 16.1. The number of carbonyl (C=O) groups is 1. The van der Waals surface area contributed by atoms with Crippen molar-refractivity contribution >= 4 is 28.4 Å². The molecule has 26 heavy (non-hydrogen) atoms. The number of anilines is 1. The first-order valence-electron chi connectivity index (χ1n) is 7.65. The normalized spacial score (nSPS) is 11.8. The fraction of sp³-hybridized carbons (Fsp3) is 0.0556. The molecule has 1 amide bonds. The summed E-state index contributed by atoms with van der Waals surface area (Å²) in [6.45, 7) is 0. The van der Waals surface area contributed by atoms with Gasteiger partial charge in [-0.2, -0.15) is 18.2 Å². The molecule has 5 nitrogen and oxygen atoms in total. The lowest BCUT2D eigenvalue weighted by Crippen LogP contribution is -2.14. The maximum atomic E-state index is 12.6. The molecule has 0 saturated carbocycles. The van der Waals surface area contributed by atoms with Crippen LogP contribution in [0.4, 0.5) is 19.1 Å². The monoisotopic (exact) mass is 356 g/mol. The van der Waals surface area contributed by atoms with Crippen molar-refractivity contribution in [1.82, 2.24) is 14.6 Å². The molecular weight excluding hydrogens is 345 g/mol. The van der Waals surface area contributed by atoms with Gasteiger partial charge in [0.1, 0.15) is 0 Å². The number of hydrogen-bond acceptors (Lipinski definition) is 3. The molecule has 2 aromatic heterocycles. The number of amides is 1. The number of rotatable bonds is 2. The number of para-hydroxylation sites is 1. The predicted octanol–water partition coefficient (Wildman–Crippen LogP) is 4.15. The van der Waals surface area contributed by atoms with Crippen LogP contribution in [0.5, 0.6) is 0 Å². The number of nitrogens with one attached hydrogen (secondary N) is 1. The van der Waals surface area contributed by atoms with Crippen LogP contribution >= 0.6 is 0 Å². The molecule has 0 atom stereocenters. The molecule has 0 bridgehead atoms. The highest BCUT2D eigenvalue weighted by molar-refractivity contribution is 6.03. The number of aromatic nitrogens is 3. The van der Waals surface area contributed by atoms with E-state index < -0.39 is 17.6 Å². The van der Waals surface area contributed by atoms with E-state index in [0.717, 1.165) is 35.2 Å². The molecule has 4 aromatic rings. The number of fused-ring (bicyclic) bond motifs is 3. The van der Waals surface area contributed by atoms with Gasteiger partial charge in [0.2, 0.25) is 5.95 Å². The number of nitrogens with zero attached hydrogens (tertiary/aromatic N) is 3. The fourth-order valence-corrected chi connectivity index (χ4v) is 2.63. The average molecular weight is 356 g/mol. The number of benzene rings is 2. The highest BCUT2D eigenvalue weighted by Crippen LogP contribution is 2.29. The van der Waals surface area contributed by atoms with Crippen LogP contribution in [0.3, 0.4) is 0 Å². The van der Waals surface area contributed by atoms with Gasteiger partial charge < -0.3 is 0 Å². The first-order chi connectivity index (χ1) is 12.4. The second-order valence-electron chi connectivity index (χ2n) is 5.63. The average Bonchev–Trinajstić information content (AvgIpc) is 3.04. The Hall–Kier alpha value is -3.42. The number of alkyl halides is 3. The molecule has 2 heterocycles. The van der Waals surface area contributed by atoms with Crippen LogP contribution in [-0.4, -0.2) is 20.5 Å². The molecule has 2 aromatic carbocycles. The van der Waals surface area contributed by atoms with E-state index in [0.29, 0.717) is 5.65 Å². The summed E-state index contributed by atoms with van der Waals surface area (Å²) in [5.74, 6) is -0.509. The van der Waals surface area contributed by atoms with Crippen molar-refractivity contribution in [2.45, 2.75) is 6.18 Å². The summed E-state index contributed by atoms with van der Waals surface area (Å²) < 4.78 is 39.4. The minimum absolute atomic E-state index is 0.0752. The van der Waals surface area contributed by atoms with Crippen LogP contribution in [0.15, 0.2) is 60.7 Å². The van der Waals surface area contributed by atoms with Crippen LogP contribution < -0.4 is 5.32 Å². The summed E-state index contributed by atoms with van der Waals surface area (Å²) in [4.78, 5) is 16.5. The Bertz CT molecular complexity index is 1120. The number of pyridine rings is 1. The molecule has 0 fully saturated rings. The molecule has 1 N–H and O–H groups in total. The topological polar surface area (TPSA) is 59.3 Å². The van der Waals surface area contributed by atoms with Gasteiger partial charge >= 0.3 is 6.18 Å². The molecule has 0 aliphatic rings. The standard InChI is InChI=1S/C18H11F3N4O/c19-18(20,21)13-8-5-12(6-9-13)16(26)23-17-22-15-10-7-11-3-1-2-4-14(11)25(15)24-17/h1-10H,(H,23,24,26). The lowest BCUT2D eigenvalue weighted by molar-refractivity contribution is -0.137. The minimum Gasteiger partial charge on any atom is -0.289 e. The van der Waals surface area contributed by atoms with Gasteiger partial charge in [0, 0.05) is 10.9 Å². The van der Waals surface area contributed by atoms with E-state index in [-0.39, 0.29) is 11.5 Å². The molecule has 130 valence electrons. The molecule has 0 radical (unpaired) electrons. The van der Waals surface area contributed by atoms with Gasteiger partial charge in [-0.1, -0.05) is 18.2 Å². The summed E-state index contributed by atoms with van der Waals surface area (Å²) in [7, 11) is 0. The van der Waals surface area contributed by atoms with Crippen molar-refractivity contribution in [1.29, 1.82) is 0 Å². The Labute approximate surface area is 145 Å². The third-order valence-electron chi connectivity index (χ3n) is 3.91. The maximum absolute atomic E-state index is 12.6. The van der Waals surface area contributed by atoms with Gasteiger partial charge in [0.25, 0.3) is 5.91 Å². The highest BCUT2D eigenvalue weighted by Gasteiger charge is 2.30. The highest BCUT2D eigenvalue weighted by atomic mass is 19.4. The van der Waals surface area contributed by atoms with E-state index in [4.69, 9.17) is 0 Å². The summed E-state index contributed by atoms with van der Waals surface area (Å²) in [6, 6.07) is 15.2. The second-order valence-corrected chi connectivity index (χ2v) is 5.63. The number of hydrogen-bond donors (Lipinski definition) is 1. The number of carbonyl (C=O) groups excluding carboxylic acids is 1. The van der Waals surface area contributed by atoms with E-state index in [1.807, 2.05) is 30.3 Å². The van der Waals surface area contributed by atoms with E-state index in [1.165, 1.54) is 0 Å². The predicted molar refractivity (Wildman–Crippen MR) is 89.9 cm³/mol. The Morgan fingerprint density at radius 2 is 1.69 bits per heavy atom. The molecule has 0 unspecified atom stereocenters. The molecular formula is C18H11F3N4O. The van der Waals surface area contributed by atoms with Gasteiger partial charge in [-0.3, -0.25) is 10.1 Å². The Balaban J connectivity index is 1.62. The quantitative estimate of drug-likeness (QED) is 0.587. The SMILES string of the molecule is O=C(Nc1nc2ccc3ccccc3n2n1)c1ccc(C(F)(F)F)cc1. The van der Waals surface area contributed by atoms with Gasteiger partial charge in [-0.15, -0.1) is 5.10 Å². The summed E-state index contributed by atoms with van der Waals surface area (Å²) >= 11 is 0. The van der Waals surface area contributed by atoms with Crippen LogP contribution in [-0.2, 0) is 6.18 Å². The van der Waals surface area contributed by atoms with Gasteiger partial charge in [0.05, 0.1) is 11.1 Å². The summed E-state index contributed by atoms with van der Waals surface area (Å²) in [5, 5.41) is 7.73. The van der Waals surface area contributed by atoms with Gasteiger partial charge in [0.15, 0.2) is 5.65 Å². The third-order valence-corrected chi connectivity index (χ3v) is 3.91. The van der Waals surface area contributed by atoms with Crippen molar-refractivity contribution in [2.24, 2.45) is 0 Å². The van der Waals surface area contributed by atoms with Gasteiger partial charge in [-0.25, -0.2) is 4.52 Å². The molecule has 8 heteroatoms. The molecule has 0 spiro atoms. The third kappa shape index (κ3) is 2.85. The fourth-order valence-electron chi connectivity index (χ4n) is 2.63. The zero-order valence-corrected chi connectivity index (χ0v) is 13.2. The van der Waals surface area contributed by atoms with Crippen molar-refractivity contribution in [3.63, 3.8) is 0 Å². The van der Waals surface area contributed by atoms with Crippen LogP contribution in [0, 0.1) is 0 Å². The van der Waals surface area contributed by atoms with E-state index in [2.05, 4.69) is 15.4 Å². The minimum atomic E-state index is -4.45. The van der Waals surface area contributed by atoms with E-state index in [1.54, 1.807) is 10.6 Å². The van der Waals surface area contributed by atoms with Crippen molar-refractivity contribution < 1.29 is 18.0 Å². The van der Waals surface area contributed by atoms with Gasteiger partial charge in [-0.05, 0) is 42.5 Å². The Kier molecular flexibility index (Phi) is 3.61. The van der Waals surface area contributed by atoms with Crippen LogP contribution in [0.1, 0.15) is 15.9 Å². The van der Waals surface area contributed by atoms with Crippen LogP contribution in [0.2, 0.25) is 0 Å². The zero-order chi connectivity index (χ0) is 18.3. The number of halogens is 3. The molecule has 0 aliphatic heterocycles. The Morgan fingerprint density at radius 3 is 2.42 bits per heavy atom. The zero-order valence-electron chi connectivity index (χ0n) is 13.2. The molecule has 0 aliphatic carbocycles. The van der Waals surface area contributed by atoms with Crippen molar-refractivity contribution in [3.8, 4) is 0 Å². The lowest BCUT2D eigenvalue weighted by atomic mass is 10.1. The first-order valence-corrected chi connectivity index (χ1v) is 7.65. The molecule has 0 saturated heterocycles. The smallest absolute Gasteiger partial charge is 0.289 e. The maximum Gasteiger partial charge on any atom is 0.416 e. The summed E-state index contributed by atoms with van der Waals surface area (Å²) in [5.41, 5.74) is 0.645. The van der Waals surface area contributed by atoms with E-state index in [9.17, 15) is 18.0 Å². The largest absolute Gasteiger partial charge is 0.416 e. The second kappa shape index (κ2) is 5.83. The molecule has 4 rings (SSSR count). The van der Waals surface area contributed by atoms with Crippen molar-refractivity contribution in [3.05, 3.63) is 71.8 Å².